The topological polar surface area (TPSA) is 552 Å². The van der Waals surface area contributed by atoms with E-state index in [-0.39, 0.29) is 92.3 Å². The second-order valence-electron chi connectivity index (χ2n) is 37.4. The van der Waals surface area contributed by atoms with Crippen LogP contribution < -0.4 is 67.5 Å². The summed E-state index contributed by atoms with van der Waals surface area (Å²) in [6, 6.07) is 34.3. The average Bonchev–Trinajstić information content (AvgIpc) is 1.45. The molecule has 4 atom stereocenters. The van der Waals surface area contributed by atoms with Crippen LogP contribution in [0.1, 0.15) is 162 Å². The molecule has 3 aliphatic rings. The fourth-order valence-corrected chi connectivity index (χ4v) is 19.2. The summed E-state index contributed by atoms with van der Waals surface area (Å²) >= 11 is 0. The highest BCUT2D eigenvalue weighted by Gasteiger charge is 2.46. The van der Waals surface area contributed by atoms with Gasteiger partial charge in [-0.05, 0) is 202 Å². The number of benzene rings is 6. The maximum atomic E-state index is 14.1. The zero-order valence-electron chi connectivity index (χ0n) is 85.4. The molecule has 1 saturated heterocycles. The molecule has 1 fully saturated rings. The number of guanidine groups is 1. The number of imidazole rings is 1. The van der Waals surface area contributed by atoms with E-state index >= 15 is 0 Å². The first kappa shape index (κ1) is 114. The van der Waals surface area contributed by atoms with E-state index in [9.17, 15) is 74.2 Å². The van der Waals surface area contributed by atoms with E-state index < -0.39 is 116 Å². The van der Waals surface area contributed by atoms with Crippen LogP contribution in [0.25, 0.3) is 27.8 Å². The van der Waals surface area contributed by atoms with Crippen molar-refractivity contribution in [2.45, 2.75) is 196 Å². The van der Waals surface area contributed by atoms with Gasteiger partial charge in [-0.25, -0.2) is 14.8 Å². The van der Waals surface area contributed by atoms with Gasteiger partial charge in [0.15, 0.2) is 11.7 Å². The summed E-state index contributed by atoms with van der Waals surface area (Å²) in [7, 11) is -6.94. The summed E-state index contributed by atoms with van der Waals surface area (Å²) in [5, 5.41) is 48.6. The lowest BCUT2D eigenvalue weighted by Gasteiger charge is -2.27. The first-order chi connectivity index (χ1) is 71.0. The molecule has 0 spiro atoms. The SMILES string of the molecule is CCN(CC)c1ccc2nc3ccc(N=Nc4ccc(N(C)CCCC(=O)NCCCC[C@H](NC(=O)[C@H](CCCNC(=N)N)NC(=O)C5CCCN5C(=O)CNC(=O)[C@H](Cc5cnc[nH]5)NC(=O)COCC(=O)NCCCOCCOCCOCCCNC(=O)CCCCC[N+]5=C(/C=C/C=C/C=C6\N(CC)c7ccc(S(=O)(=O)O)cc7C6(C)C)C(C)(C)c6cc(S(=O)(=O)O)ccc65)C(=O)O)cc4)cc3[n+](-c3ccccc3)c2c1. The number of rotatable bonds is 61. The normalized spacial score (nSPS) is 15.2. The number of aliphatic carboxylic acids is 1. The Morgan fingerprint density at radius 2 is 1.22 bits per heavy atom. The Morgan fingerprint density at radius 3 is 1.89 bits per heavy atom. The number of nitrogens with zero attached hydrogens (tertiary/aromatic N) is 10. The summed E-state index contributed by atoms with van der Waals surface area (Å²) in [6.07, 6.45) is 18.2. The molecule has 43 heteroatoms. The van der Waals surface area contributed by atoms with Crippen molar-refractivity contribution in [2.75, 3.05) is 147 Å². The number of azo groups is 1. The predicted molar refractivity (Wildman–Crippen MR) is 562 cm³/mol. The number of hydrogen-bond donors (Lipinski definition) is 14. The summed E-state index contributed by atoms with van der Waals surface area (Å²) in [5.41, 5.74) is 17.7. The Kier molecular flexibility index (Phi) is 43.2. The highest BCUT2D eigenvalue weighted by molar-refractivity contribution is 7.86. The van der Waals surface area contributed by atoms with Gasteiger partial charge in [0.05, 0.1) is 65.9 Å². The molecule has 8 aromatic rings. The number of H-pyrrole nitrogens is 1. The molecule has 796 valence electrons. The number of aromatic amines is 1. The van der Waals surface area contributed by atoms with Crippen LogP contribution in [-0.2, 0) is 99.6 Å². The predicted octanol–water partition coefficient (Wildman–Crippen LogP) is 9.33. The van der Waals surface area contributed by atoms with Crippen molar-refractivity contribution < 1.29 is 102 Å². The van der Waals surface area contributed by atoms with Gasteiger partial charge in [0.1, 0.15) is 55.0 Å². The third-order valence-corrected chi connectivity index (χ3v) is 27.8. The van der Waals surface area contributed by atoms with Crippen molar-refractivity contribution in [3.63, 3.8) is 0 Å². The number of fused-ring (bicyclic) bond motifs is 4. The number of ether oxygens (including phenoxy) is 4. The largest absolute Gasteiger partial charge is 0.480 e. The van der Waals surface area contributed by atoms with E-state index in [1.165, 1.54) is 41.7 Å². The first-order valence-electron chi connectivity index (χ1n) is 50.4. The number of carbonyl (C=O) groups excluding carboxylic acids is 8. The number of para-hydroxylation sites is 1. The monoisotopic (exact) mass is 2080 g/mol. The number of amides is 8. The van der Waals surface area contributed by atoms with Crippen LogP contribution in [0, 0.1) is 5.41 Å². The van der Waals surface area contributed by atoms with Crippen LogP contribution in [-0.4, -0.2) is 276 Å². The van der Waals surface area contributed by atoms with Gasteiger partial charge in [-0.1, -0.05) is 50.3 Å². The number of unbranched alkanes of at least 4 members (excludes halogenated alkanes) is 3. The highest BCUT2D eigenvalue weighted by atomic mass is 32.2. The lowest BCUT2D eigenvalue weighted by Crippen LogP contribution is -2.56. The second-order valence-corrected chi connectivity index (χ2v) is 40.2. The van der Waals surface area contributed by atoms with Crippen molar-refractivity contribution in [1.82, 2.24) is 62.4 Å². The number of aromatic nitrogens is 4. The van der Waals surface area contributed by atoms with Crippen molar-refractivity contribution in [2.24, 2.45) is 16.0 Å². The third kappa shape index (κ3) is 33.1. The molecule has 41 nitrogen and oxygen atoms in total. The number of anilines is 3. The minimum atomic E-state index is -4.48. The van der Waals surface area contributed by atoms with Gasteiger partial charge in [0.2, 0.25) is 69.7 Å². The van der Waals surface area contributed by atoms with E-state index in [4.69, 9.17) is 35.1 Å². The second kappa shape index (κ2) is 55.8. The van der Waals surface area contributed by atoms with Gasteiger partial charge in [-0.2, -0.15) is 31.6 Å². The number of hydrogen-bond acceptors (Lipinski definition) is 25. The average molecular weight is 2080 g/mol. The van der Waals surface area contributed by atoms with Crippen molar-refractivity contribution in [3.05, 3.63) is 193 Å². The molecule has 8 amide bonds. The summed E-state index contributed by atoms with van der Waals surface area (Å²) in [5.74, 6) is -6.07. The Hall–Kier alpha value is -13.8. The number of likely N-dealkylation sites (N-methyl/N-ethyl adjacent to an activating group) is 1. The van der Waals surface area contributed by atoms with Gasteiger partial charge in [-0.3, -0.25) is 52.9 Å². The molecule has 0 bridgehead atoms. The molecule has 148 heavy (non-hydrogen) atoms. The molecule has 11 rings (SSSR count). The number of carboxylic acid groups (broad SMARTS) is 1. The summed E-state index contributed by atoms with van der Waals surface area (Å²) < 4.78 is 95.0. The lowest BCUT2D eigenvalue weighted by molar-refractivity contribution is -0.538. The van der Waals surface area contributed by atoms with E-state index in [1.807, 2.05) is 138 Å². The van der Waals surface area contributed by atoms with Crippen LogP contribution in [0.4, 0.5) is 34.1 Å². The van der Waals surface area contributed by atoms with E-state index in [0.717, 1.165) is 99.0 Å². The van der Waals surface area contributed by atoms with E-state index in [1.54, 1.807) is 12.1 Å². The van der Waals surface area contributed by atoms with Crippen LogP contribution in [0.2, 0.25) is 0 Å². The molecule has 0 saturated carbocycles. The Bertz CT molecular complexity index is 6340. The number of carbonyl (C=O) groups is 9. The molecule has 15 N–H and O–H groups in total. The molecule has 0 aliphatic carbocycles. The quantitative estimate of drug-likeness (QED) is 0.00246. The Balaban J connectivity index is 0.520. The van der Waals surface area contributed by atoms with Crippen LogP contribution >= 0.6 is 0 Å². The molecule has 1 unspecified atom stereocenters. The molecule has 6 aromatic carbocycles. The zero-order valence-corrected chi connectivity index (χ0v) is 87.0. The highest BCUT2D eigenvalue weighted by Crippen LogP contribution is 2.49. The van der Waals surface area contributed by atoms with Crippen molar-refractivity contribution in [1.29, 1.82) is 5.41 Å². The number of allylic oxidation sites excluding steroid dienone is 6. The molecule has 2 aromatic heterocycles. The molecule has 0 radical (unpaired) electrons. The third-order valence-electron chi connectivity index (χ3n) is 26.1. The standard InChI is InChI=1S/C105H139N21O20S2/c1-9-122(10-2)77-42-46-83-91(64-77)126(76-28-15-12-16-29-76)90-63-73(39-45-82(90)115-83)120-119-72-37-40-75(41-38-72)121(8)53-25-36-95(128)109-49-21-20-30-85(102(135)136)118-100(133)84(31-23-50-112-103(106)107)117-101(134)89-32-24-55-125(89)98(131)68-113-99(132)86(62-74-67-108-71-114-74)116-97(130)70-146-69-96(129)111-52-27-57-144-59-61-145-60-58-143-56-26-51-110-94(127)35-19-14-22-54-124-88-48-44-79(148(140,141)142)66-81(88)105(6,7)93(124)34-18-13-17-33-92-104(4,5)80-65-78(147(137,138)139)43-47-87(80)123(92)11-3/h12-13,15-18,28-29,33-34,37-48,63-67,71,84-86,89H,9-11,14,19-27,30-32,35-36,49-62,68-70H2,1-8H3,(H13-2,106,107,108,109,110,111,112,113,114,116,117,118,127,128,129,130,132,133,134,135,136,137,138,139,140,141,142)/p+2/t84-,85-,86-,89?/m0/s1. The van der Waals surface area contributed by atoms with E-state index in [0.29, 0.717) is 134 Å². The van der Waals surface area contributed by atoms with Gasteiger partial charge in [-0.15, -0.1) is 4.57 Å². The summed E-state index contributed by atoms with van der Waals surface area (Å²) in [4.78, 5) is 139. The molecular formula is C105H141N21O20S2+2. The van der Waals surface area contributed by atoms with Gasteiger partial charge < -0.3 is 96.9 Å². The van der Waals surface area contributed by atoms with Gasteiger partial charge in [0, 0.05) is 187 Å². The Labute approximate surface area is 863 Å². The van der Waals surface area contributed by atoms with E-state index in [2.05, 4.69) is 126 Å². The first-order valence-corrected chi connectivity index (χ1v) is 53.3. The number of likely N-dealkylation sites (tertiary alicyclic amines) is 1. The number of nitrogens with one attached hydrogen (secondary N) is 10. The van der Waals surface area contributed by atoms with Crippen LogP contribution in [0.5, 0.6) is 0 Å². The molecule has 5 heterocycles. The van der Waals surface area contributed by atoms with Crippen molar-refractivity contribution in [3.8, 4) is 5.69 Å². The van der Waals surface area contributed by atoms with Crippen LogP contribution in [0.3, 0.4) is 0 Å². The Morgan fingerprint density at radius 1 is 0.608 bits per heavy atom. The fourth-order valence-electron chi connectivity index (χ4n) is 18.2. The molecular weight excluding hydrogens is 1940 g/mol. The van der Waals surface area contributed by atoms with Crippen LogP contribution in [0.15, 0.2) is 196 Å². The molecule has 3 aliphatic heterocycles. The maximum Gasteiger partial charge on any atom is 0.326 e. The smallest absolute Gasteiger partial charge is 0.326 e. The minimum absolute atomic E-state index is 0.00495. The maximum absolute atomic E-state index is 14.1. The van der Waals surface area contributed by atoms with Gasteiger partial charge >= 0.3 is 5.97 Å². The van der Waals surface area contributed by atoms with Gasteiger partial charge in [0.25, 0.3) is 20.2 Å². The number of carboxylic acids is 1. The van der Waals surface area contributed by atoms with Crippen molar-refractivity contribution >= 4 is 141 Å². The minimum Gasteiger partial charge on any atom is -0.480 e. The fraction of sp³-hybridized carbons (Fsp3) is 0.467. The number of nitrogens with two attached hydrogens (primary N) is 1. The zero-order chi connectivity index (χ0) is 107. The lowest BCUT2D eigenvalue weighted by atomic mass is 9.81. The summed E-state index contributed by atoms with van der Waals surface area (Å²) in [6.45, 7) is 19.3.